The normalized spacial score (nSPS) is 25.6. The summed E-state index contributed by atoms with van der Waals surface area (Å²) in [6.07, 6.45) is 7.88. The number of hydrogen-bond donors (Lipinski definition) is 1. The minimum atomic E-state index is -0.651. The predicted molar refractivity (Wildman–Crippen MR) is 169 cm³/mol. The van der Waals surface area contributed by atoms with E-state index in [-0.39, 0.29) is 5.92 Å². The number of rotatable bonds is 10. The quantitative estimate of drug-likeness (QED) is 0.297. The Labute approximate surface area is 256 Å². The zero-order valence-electron chi connectivity index (χ0n) is 25.8. The highest BCUT2D eigenvalue weighted by Gasteiger charge is 2.41. The first-order chi connectivity index (χ1) is 21.0. The number of para-hydroxylation sites is 1. The highest BCUT2D eigenvalue weighted by Crippen LogP contribution is 2.40. The molecule has 3 aliphatic rings. The summed E-state index contributed by atoms with van der Waals surface area (Å²) in [4.78, 5) is 24.0. The second kappa shape index (κ2) is 13.6. The Morgan fingerprint density at radius 1 is 0.977 bits per heavy atom. The van der Waals surface area contributed by atoms with E-state index in [1.807, 2.05) is 6.92 Å². The summed E-state index contributed by atoms with van der Waals surface area (Å²) in [6, 6.07) is 20.3. The van der Waals surface area contributed by atoms with Crippen molar-refractivity contribution in [2.45, 2.75) is 83.2 Å². The van der Waals surface area contributed by atoms with Gasteiger partial charge in [-0.05, 0) is 66.3 Å². The van der Waals surface area contributed by atoms with Crippen molar-refractivity contribution < 1.29 is 14.4 Å². The fourth-order valence-electron chi connectivity index (χ4n) is 8.16. The third kappa shape index (κ3) is 6.80. The summed E-state index contributed by atoms with van der Waals surface area (Å²) >= 11 is 0. The fraction of sp³-hybridized carbons (Fsp3) is 0.571. The molecule has 3 heterocycles. The monoisotopic (exact) mass is 585 g/mol. The first kappa shape index (κ1) is 29.8. The van der Waals surface area contributed by atoms with Crippen LogP contribution in [-0.2, 0) is 11.2 Å². The van der Waals surface area contributed by atoms with Gasteiger partial charge in [0, 0.05) is 69.8 Å². The van der Waals surface area contributed by atoms with E-state index >= 15 is 0 Å². The lowest BCUT2D eigenvalue weighted by Crippen LogP contribution is -2.46. The van der Waals surface area contributed by atoms with Crippen LogP contribution in [0.25, 0.3) is 0 Å². The third-order valence-electron chi connectivity index (χ3n) is 10.3. The van der Waals surface area contributed by atoms with E-state index in [1.54, 1.807) is 0 Å². The summed E-state index contributed by atoms with van der Waals surface area (Å²) in [5, 5.41) is 14.0. The zero-order valence-corrected chi connectivity index (χ0v) is 25.8. The largest absolute Gasteiger partial charge is 0.481 e. The molecule has 1 unspecified atom stereocenters. The number of carbonyl (C=O) groups is 1. The van der Waals surface area contributed by atoms with Gasteiger partial charge < -0.3 is 19.4 Å². The van der Waals surface area contributed by atoms with E-state index in [4.69, 9.17) is 4.52 Å². The van der Waals surface area contributed by atoms with Gasteiger partial charge in [-0.25, -0.2) is 0 Å². The number of likely N-dealkylation sites (tertiary alicyclic amines) is 2. The van der Waals surface area contributed by atoms with Crippen LogP contribution < -0.4 is 4.90 Å². The Morgan fingerprint density at radius 2 is 1.72 bits per heavy atom. The molecule has 1 saturated carbocycles. The minimum Gasteiger partial charge on any atom is -0.481 e. The van der Waals surface area contributed by atoms with Crippen LogP contribution in [0.3, 0.4) is 0 Å². The van der Waals surface area contributed by atoms with Gasteiger partial charge in [0.25, 0.3) is 5.95 Å². The van der Waals surface area contributed by atoms with Gasteiger partial charge in [-0.3, -0.25) is 9.69 Å². The first-order valence-corrected chi connectivity index (χ1v) is 16.4. The number of hydrogen-bond acceptors (Lipinski definition) is 7. The highest BCUT2D eigenvalue weighted by atomic mass is 16.5. The van der Waals surface area contributed by atoms with Crippen LogP contribution in [0.2, 0.25) is 0 Å². The fourth-order valence-corrected chi connectivity index (χ4v) is 8.16. The molecule has 2 aliphatic heterocycles. The molecule has 8 heteroatoms. The average Bonchev–Trinajstić information content (AvgIpc) is 3.65. The molecule has 8 nitrogen and oxygen atoms in total. The van der Waals surface area contributed by atoms with Crippen LogP contribution in [0, 0.1) is 18.8 Å². The molecule has 3 fully saturated rings. The van der Waals surface area contributed by atoms with Gasteiger partial charge in [0.2, 0.25) is 5.89 Å². The number of benzene rings is 2. The summed E-state index contributed by atoms with van der Waals surface area (Å²) in [5.74, 6) is 1.87. The Balaban J connectivity index is 1.16. The number of aromatic nitrogens is 2. The van der Waals surface area contributed by atoms with Gasteiger partial charge in [0.15, 0.2) is 0 Å². The van der Waals surface area contributed by atoms with Gasteiger partial charge in [0.05, 0.1) is 0 Å². The number of nitrogens with zero attached hydrogens (tertiary/aromatic N) is 5. The van der Waals surface area contributed by atoms with Crippen molar-refractivity contribution in [3.63, 3.8) is 0 Å². The van der Waals surface area contributed by atoms with Crippen molar-refractivity contribution in [1.29, 1.82) is 0 Å². The number of aryl methyl sites for hydroxylation is 2. The Morgan fingerprint density at radius 3 is 2.44 bits per heavy atom. The average molecular weight is 586 g/mol. The first-order valence-electron chi connectivity index (χ1n) is 16.4. The second-order valence-corrected chi connectivity index (χ2v) is 12.9. The molecule has 4 atom stereocenters. The molecule has 3 aromatic rings. The van der Waals surface area contributed by atoms with E-state index in [1.165, 1.54) is 23.2 Å². The number of carboxylic acid groups (broad SMARTS) is 1. The van der Waals surface area contributed by atoms with Crippen molar-refractivity contribution in [1.82, 2.24) is 19.9 Å². The van der Waals surface area contributed by atoms with Crippen LogP contribution in [-0.4, -0.2) is 75.8 Å². The molecule has 1 aromatic heterocycles. The Bertz CT molecular complexity index is 1340. The maximum absolute atomic E-state index is 11.7. The molecular formula is C35H47N5O3. The van der Waals surface area contributed by atoms with Crippen molar-refractivity contribution in [2.75, 3.05) is 37.6 Å². The van der Waals surface area contributed by atoms with Crippen LogP contribution in [0.5, 0.6) is 0 Å². The standard InChI is InChI=1S/C35H47N5O3/c1-3-26-11-7-10-16-33(26)40(35-36-25(2)43-37-35)30-17-19-38(20-18-30)22-29-23-39(24-31(29)27-12-5-4-6-13-27)32-15-9-8-14-28(32)21-34(41)42/h4-7,10-13,16,28-32H,3,8-9,14-15,17-24H2,1-2H3,(H,41,42)/t28?,29-,31+,32+/m0/s1. The van der Waals surface area contributed by atoms with Gasteiger partial charge in [0.1, 0.15) is 0 Å². The summed E-state index contributed by atoms with van der Waals surface area (Å²) < 4.78 is 5.43. The molecule has 0 spiro atoms. The topological polar surface area (TPSA) is 85.9 Å². The summed E-state index contributed by atoms with van der Waals surface area (Å²) in [5.41, 5.74) is 3.90. The number of carboxylic acids is 1. The van der Waals surface area contributed by atoms with Crippen LogP contribution >= 0.6 is 0 Å². The molecule has 1 aliphatic carbocycles. The lowest BCUT2D eigenvalue weighted by atomic mass is 9.81. The molecule has 2 saturated heterocycles. The van der Waals surface area contributed by atoms with Crippen molar-refractivity contribution in [3.05, 3.63) is 71.6 Å². The van der Waals surface area contributed by atoms with E-state index in [0.717, 1.165) is 71.2 Å². The molecule has 0 bridgehead atoms. The van der Waals surface area contributed by atoms with Crippen LogP contribution in [0.1, 0.15) is 74.8 Å². The minimum absolute atomic E-state index is 0.267. The molecule has 43 heavy (non-hydrogen) atoms. The second-order valence-electron chi connectivity index (χ2n) is 12.9. The van der Waals surface area contributed by atoms with Crippen LogP contribution in [0.4, 0.5) is 11.6 Å². The van der Waals surface area contributed by atoms with E-state index in [2.05, 4.69) is 86.4 Å². The number of aliphatic carboxylic acids is 1. The lowest BCUT2D eigenvalue weighted by Gasteiger charge is -2.40. The number of anilines is 2. The molecular weight excluding hydrogens is 538 g/mol. The maximum atomic E-state index is 11.7. The van der Waals surface area contributed by atoms with Crippen LogP contribution in [0.15, 0.2) is 59.1 Å². The van der Waals surface area contributed by atoms with Gasteiger partial charge >= 0.3 is 5.97 Å². The van der Waals surface area contributed by atoms with Crippen molar-refractivity contribution in [2.24, 2.45) is 11.8 Å². The van der Waals surface area contributed by atoms with Crippen molar-refractivity contribution >= 4 is 17.6 Å². The molecule has 1 N–H and O–H groups in total. The Kier molecular flexibility index (Phi) is 9.43. The molecule has 2 aromatic carbocycles. The lowest BCUT2D eigenvalue weighted by molar-refractivity contribution is -0.139. The van der Waals surface area contributed by atoms with E-state index in [0.29, 0.717) is 42.2 Å². The van der Waals surface area contributed by atoms with E-state index < -0.39 is 5.97 Å². The molecule has 230 valence electrons. The van der Waals surface area contributed by atoms with Gasteiger partial charge in [-0.2, -0.15) is 4.98 Å². The zero-order chi connectivity index (χ0) is 29.8. The highest BCUT2D eigenvalue weighted by molar-refractivity contribution is 5.67. The van der Waals surface area contributed by atoms with Gasteiger partial charge in [-0.1, -0.05) is 68.3 Å². The smallest absolute Gasteiger partial charge is 0.303 e. The SMILES string of the molecule is CCc1ccccc1N(c1noc(C)n1)C1CCN(C[C@H]2CN([C@@H]3CCCCC3CC(=O)O)C[C@@H]2c2ccccc2)CC1. The Hall–Kier alpha value is -3.23. The third-order valence-corrected chi connectivity index (χ3v) is 10.3. The molecule has 0 radical (unpaired) electrons. The summed E-state index contributed by atoms with van der Waals surface area (Å²) in [6.45, 7) is 9.29. The van der Waals surface area contributed by atoms with Gasteiger partial charge in [-0.15, -0.1) is 0 Å². The summed E-state index contributed by atoms with van der Waals surface area (Å²) in [7, 11) is 0. The molecule has 6 rings (SSSR count). The number of piperidine rings is 1. The van der Waals surface area contributed by atoms with Crippen molar-refractivity contribution in [3.8, 4) is 0 Å². The predicted octanol–water partition coefficient (Wildman–Crippen LogP) is 6.29. The van der Waals surface area contributed by atoms with E-state index in [9.17, 15) is 9.90 Å². The molecule has 0 amide bonds. The maximum Gasteiger partial charge on any atom is 0.303 e.